The zero-order valence-electron chi connectivity index (χ0n) is 8.53. The molecule has 84 valence electrons. The van der Waals surface area contributed by atoms with E-state index in [1.807, 2.05) is 13.0 Å². The summed E-state index contributed by atoms with van der Waals surface area (Å²) in [6, 6.07) is 4.44. The van der Waals surface area contributed by atoms with E-state index >= 15 is 0 Å². The summed E-state index contributed by atoms with van der Waals surface area (Å²) in [7, 11) is 0. The van der Waals surface area contributed by atoms with Crippen molar-refractivity contribution in [2.24, 2.45) is 5.73 Å². The van der Waals surface area contributed by atoms with Crippen LogP contribution in [-0.2, 0) is 4.79 Å². The molecule has 2 rings (SSSR count). The zero-order valence-corrected chi connectivity index (χ0v) is 10.1. The minimum Gasteiger partial charge on any atom is -0.480 e. The van der Waals surface area contributed by atoms with E-state index in [1.165, 1.54) is 11.3 Å². The van der Waals surface area contributed by atoms with Crippen molar-refractivity contribution in [2.45, 2.75) is 13.0 Å². The molecule has 0 aliphatic carbocycles. The number of aliphatic carboxylic acids is 1. The largest absolute Gasteiger partial charge is 0.480 e. The van der Waals surface area contributed by atoms with Crippen LogP contribution >= 0.6 is 22.9 Å². The highest BCUT2D eigenvalue weighted by Crippen LogP contribution is 2.37. The summed E-state index contributed by atoms with van der Waals surface area (Å²) in [6.07, 6.45) is 0. The number of carbonyl (C=O) groups is 1. The first-order chi connectivity index (χ1) is 7.52. The second kappa shape index (κ2) is 4.05. The number of thiophene rings is 1. The molecule has 2 aromatic rings. The van der Waals surface area contributed by atoms with Gasteiger partial charge in [0.1, 0.15) is 6.04 Å². The third kappa shape index (κ3) is 1.69. The minimum atomic E-state index is -1.03. The van der Waals surface area contributed by atoms with Crippen molar-refractivity contribution >= 4 is 39.0 Å². The fourth-order valence-corrected chi connectivity index (χ4v) is 3.13. The van der Waals surface area contributed by atoms with E-state index in [1.54, 1.807) is 12.1 Å². The smallest absolute Gasteiger partial charge is 0.325 e. The van der Waals surface area contributed by atoms with Crippen LogP contribution in [-0.4, -0.2) is 11.1 Å². The molecule has 0 amide bonds. The standard InChI is InChI=1S/C11H10ClNO2S/c1-5-8(9(13)11(14)15)6-3-2-4-7(12)10(6)16-5/h2-4,9H,13H2,1H3,(H,14,15). The summed E-state index contributed by atoms with van der Waals surface area (Å²) in [6.45, 7) is 1.86. The summed E-state index contributed by atoms with van der Waals surface area (Å²) in [5.41, 5.74) is 6.33. The van der Waals surface area contributed by atoms with Gasteiger partial charge >= 0.3 is 5.97 Å². The number of carboxylic acid groups (broad SMARTS) is 1. The van der Waals surface area contributed by atoms with Gasteiger partial charge in [-0.1, -0.05) is 23.7 Å². The van der Waals surface area contributed by atoms with Crippen LogP contribution in [0, 0.1) is 6.92 Å². The number of hydrogen-bond acceptors (Lipinski definition) is 3. The van der Waals surface area contributed by atoms with Crippen molar-refractivity contribution in [2.75, 3.05) is 0 Å². The lowest BCUT2D eigenvalue weighted by Gasteiger charge is -2.06. The predicted octanol–water partition coefficient (Wildman–Crippen LogP) is 2.95. The predicted molar refractivity (Wildman–Crippen MR) is 66.1 cm³/mol. The Morgan fingerprint density at radius 3 is 2.88 bits per heavy atom. The van der Waals surface area contributed by atoms with Gasteiger partial charge in [-0.3, -0.25) is 4.79 Å². The molecule has 1 unspecified atom stereocenters. The molecule has 1 heterocycles. The summed E-state index contributed by atoms with van der Waals surface area (Å²) in [4.78, 5) is 11.8. The molecule has 1 aromatic heterocycles. The number of hydrogen-bond donors (Lipinski definition) is 2. The Balaban J connectivity index is 2.74. The maximum Gasteiger partial charge on any atom is 0.325 e. The average molecular weight is 256 g/mol. The van der Waals surface area contributed by atoms with E-state index in [0.29, 0.717) is 10.6 Å². The first-order valence-electron chi connectivity index (χ1n) is 4.68. The molecule has 0 radical (unpaired) electrons. The molecule has 0 saturated heterocycles. The van der Waals surface area contributed by atoms with E-state index < -0.39 is 12.0 Å². The van der Waals surface area contributed by atoms with Gasteiger partial charge in [0.15, 0.2) is 0 Å². The van der Waals surface area contributed by atoms with Crippen LogP contribution in [0.3, 0.4) is 0 Å². The first kappa shape index (κ1) is 11.4. The monoisotopic (exact) mass is 255 g/mol. The van der Waals surface area contributed by atoms with Crippen LogP contribution in [0.1, 0.15) is 16.5 Å². The van der Waals surface area contributed by atoms with E-state index in [2.05, 4.69) is 0 Å². The maximum atomic E-state index is 10.9. The lowest BCUT2D eigenvalue weighted by Crippen LogP contribution is -2.20. The number of rotatable bonds is 2. The Labute approximate surface area is 101 Å². The Morgan fingerprint density at radius 1 is 1.56 bits per heavy atom. The first-order valence-corrected chi connectivity index (χ1v) is 5.87. The number of fused-ring (bicyclic) bond motifs is 1. The highest BCUT2D eigenvalue weighted by atomic mass is 35.5. The molecule has 0 spiro atoms. The number of benzene rings is 1. The lowest BCUT2D eigenvalue weighted by atomic mass is 10.0. The quantitative estimate of drug-likeness (QED) is 0.867. The number of halogens is 1. The van der Waals surface area contributed by atoms with E-state index in [-0.39, 0.29) is 0 Å². The summed E-state index contributed by atoms with van der Waals surface area (Å²) in [5.74, 6) is -1.03. The fraction of sp³-hybridized carbons (Fsp3) is 0.182. The molecule has 0 bridgehead atoms. The van der Waals surface area contributed by atoms with Crippen molar-refractivity contribution in [3.05, 3.63) is 33.7 Å². The molecule has 1 aromatic carbocycles. The van der Waals surface area contributed by atoms with Gasteiger partial charge in [-0.2, -0.15) is 0 Å². The van der Waals surface area contributed by atoms with Gasteiger partial charge < -0.3 is 10.8 Å². The average Bonchev–Trinajstić information content (AvgIpc) is 2.55. The molecule has 1 atom stereocenters. The molecular weight excluding hydrogens is 246 g/mol. The summed E-state index contributed by atoms with van der Waals surface area (Å²) >= 11 is 7.52. The van der Waals surface area contributed by atoms with Gasteiger partial charge in [0, 0.05) is 10.4 Å². The van der Waals surface area contributed by atoms with Gasteiger partial charge in [0.25, 0.3) is 0 Å². The van der Waals surface area contributed by atoms with Gasteiger partial charge in [-0.15, -0.1) is 11.3 Å². The fourth-order valence-electron chi connectivity index (χ4n) is 1.73. The van der Waals surface area contributed by atoms with Gasteiger partial charge in [0.05, 0.1) is 9.72 Å². The normalized spacial score (nSPS) is 12.9. The summed E-state index contributed by atoms with van der Waals surface area (Å²) in [5, 5.41) is 10.4. The lowest BCUT2D eigenvalue weighted by molar-refractivity contribution is -0.138. The van der Waals surface area contributed by atoms with Crippen LogP contribution < -0.4 is 5.73 Å². The van der Waals surface area contributed by atoms with Crippen LogP contribution in [0.5, 0.6) is 0 Å². The van der Waals surface area contributed by atoms with Crippen molar-refractivity contribution in [3.8, 4) is 0 Å². The topological polar surface area (TPSA) is 63.3 Å². The zero-order chi connectivity index (χ0) is 11.9. The Morgan fingerprint density at radius 2 is 2.25 bits per heavy atom. The van der Waals surface area contributed by atoms with E-state index in [9.17, 15) is 4.79 Å². The van der Waals surface area contributed by atoms with E-state index in [0.717, 1.165) is 15.0 Å². The molecule has 0 saturated carbocycles. The Kier molecular flexibility index (Phi) is 2.88. The van der Waals surface area contributed by atoms with Crippen LogP contribution in [0.2, 0.25) is 5.02 Å². The molecular formula is C11H10ClNO2S. The molecule has 16 heavy (non-hydrogen) atoms. The molecule has 5 heteroatoms. The molecule has 0 aliphatic rings. The number of carboxylic acids is 1. The molecule has 0 aliphatic heterocycles. The third-order valence-electron chi connectivity index (χ3n) is 2.47. The molecule has 3 N–H and O–H groups in total. The van der Waals surface area contributed by atoms with Crippen molar-refractivity contribution in [1.29, 1.82) is 0 Å². The molecule has 3 nitrogen and oxygen atoms in total. The van der Waals surface area contributed by atoms with E-state index in [4.69, 9.17) is 22.4 Å². The second-order valence-corrected chi connectivity index (χ2v) is 5.14. The number of aryl methyl sites for hydroxylation is 1. The van der Waals surface area contributed by atoms with Crippen LogP contribution in [0.4, 0.5) is 0 Å². The van der Waals surface area contributed by atoms with Gasteiger partial charge in [-0.25, -0.2) is 0 Å². The van der Waals surface area contributed by atoms with Crippen molar-refractivity contribution in [1.82, 2.24) is 0 Å². The molecule has 0 fully saturated rings. The Bertz CT molecular complexity index is 564. The highest BCUT2D eigenvalue weighted by molar-refractivity contribution is 7.19. The van der Waals surface area contributed by atoms with Crippen molar-refractivity contribution < 1.29 is 9.90 Å². The highest BCUT2D eigenvalue weighted by Gasteiger charge is 2.22. The SMILES string of the molecule is Cc1sc2c(Cl)cccc2c1C(N)C(=O)O. The minimum absolute atomic E-state index is 0.634. The Hall–Kier alpha value is -1.10. The van der Waals surface area contributed by atoms with Crippen molar-refractivity contribution in [3.63, 3.8) is 0 Å². The number of nitrogens with two attached hydrogens (primary N) is 1. The summed E-state index contributed by atoms with van der Waals surface area (Å²) < 4.78 is 0.897. The van der Waals surface area contributed by atoms with Gasteiger partial charge in [0.2, 0.25) is 0 Å². The van der Waals surface area contributed by atoms with Gasteiger partial charge in [-0.05, 0) is 18.4 Å². The second-order valence-electron chi connectivity index (χ2n) is 3.50. The van der Waals surface area contributed by atoms with Crippen LogP contribution in [0.25, 0.3) is 10.1 Å². The maximum absolute atomic E-state index is 10.9. The van der Waals surface area contributed by atoms with Crippen LogP contribution in [0.15, 0.2) is 18.2 Å². The third-order valence-corrected chi connectivity index (χ3v) is 4.07.